The van der Waals surface area contributed by atoms with E-state index in [4.69, 9.17) is 0 Å². The molecule has 0 heterocycles. The number of nitrogens with one attached hydrogen (secondary N) is 2. The zero-order valence-corrected chi connectivity index (χ0v) is 17.3. The number of unbranched alkanes of at least 4 members (excludes halogenated alkanes) is 3. The summed E-state index contributed by atoms with van der Waals surface area (Å²) in [5.41, 5.74) is 0. The molecule has 0 radical (unpaired) electrons. The fourth-order valence-corrected chi connectivity index (χ4v) is 3.07. The van der Waals surface area contributed by atoms with Crippen LogP contribution in [0.5, 0.6) is 0 Å². The minimum atomic E-state index is 1.09. The van der Waals surface area contributed by atoms with Crippen LogP contribution in [0.25, 0.3) is 0 Å². The summed E-state index contributed by atoms with van der Waals surface area (Å²) in [5.74, 6) is 0. The van der Waals surface area contributed by atoms with Gasteiger partial charge in [-0.1, -0.05) is 32.6 Å². The highest BCUT2D eigenvalue weighted by Gasteiger charge is 2.01. The molecule has 0 aromatic heterocycles. The van der Waals surface area contributed by atoms with Crippen molar-refractivity contribution in [1.82, 2.24) is 20.0 Å². The largest absolute Gasteiger partial charge is 0.317 e. The second-order valence-corrected chi connectivity index (χ2v) is 7.36. The van der Waals surface area contributed by atoms with Crippen LogP contribution < -0.4 is 10.6 Å². The molecule has 0 bridgehead atoms. The molecule has 134 valence electrons. The molecule has 22 heavy (non-hydrogen) atoms. The minimum absolute atomic E-state index is 1.09. The third-order valence-corrected chi connectivity index (χ3v) is 4.77. The molecule has 0 rings (SSSR count). The number of nitrogens with zero attached hydrogens (tertiary/aromatic N) is 2. The van der Waals surface area contributed by atoms with E-state index in [0.29, 0.717) is 0 Å². The molecule has 2 atom stereocenters. The Balaban J connectivity index is 3.28. The quantitative estimate of drug-likeness (QED) is 0.312. The molecule has 0 aliphatic carbocycles. The molecule has 0 aliphatic rings. The molecule has 2 unspecified atom stereocenters. The summed E-state index contributed by atoms with van der Waals surface area (Å²) in [6.07, 6.45) is 7.73. The SMILES string of the molecule is CCNCCCCN(P)CCCCN(P)CCCCNCC. The summed E-state index contributed by atoms with van der Waals surface area (Å²) in [6.45, 7) is 13.6. The Hall–Kier alpha value is 0.700. The van der Waals surface area contributed by atoms with Crippen LogP contribution in [0.2, 0.25) is 0 Å². The first-order valence-electron chi connectivity index (χ1n) is 9.11. The van der Waals surface area contributed by atoms with Gasteiger partial charge in [0.1, 0.15) is 0 Å². The summed E-state index contributed by atoms with van der Waals surface area (Å²) in [5, 5.41) is 6.76. The summed E-state index contributed by atoms with van der Waals surface area (Å²) in [6, 6.07) is 0. The second kappa shape index (κ2) is 18.0. The van der Waals surface area contributed by atoms with Crippen molar-refractivity contribution in [3.05, 3.63) is 0 Å². The van der Waals surface area contributed by atoms with Gasteiger partial charge in [0, 0.05) is 26.2 Å². The van der Waals surface area contributed by atoms with Gasteiger partial charge in [-0.3, -0.25) is 9.34 Å². The topological polar surface area (TPSA) is 30.5 Å². The Morgan fingerprint density at radius 2 is 0.909 bits per heavy atom. The van der Waals surface area contributed by atoms with Crippen molar-refractivity contribution in [1.29, 1.82) is 0 Å². The van der Waals surface area contributed by atoms with Gasteiger partial charge in [-0.25, -0.2) is 0 Å². The van der Waals surface area contributed by atoms with E-state index in [1.807, 2.05) is 0 Å². The standard InChI is InChI=1S/C16H40N4P2/c1-3-17-11-5-7-13-19(21)15-9-10-16-20(22)14-8-6-12-18-4-2/h17-18H,3-16,21-22H2,1-2H3. The lowest BCUT2D eigenvalue weighted by Gasteiger charge is -2.19. The zero-order valence-electron chi connectivity index (χ0n) is 14.9. The van der Waals surface area contributed by atoms with E-state index in [-0.39, 0.29) is 0 Å². The Morgan fingerprint density at radius 1 is 0.591 bits per heavy atom. The third kappa shape index (κ3) is 17.1. The first-order chi connectivity index (χ1) is 10.7. The van der Waals surface area contributed by atoms with Crippen LogP contribution >= 0.6 is 18.8 Å². The van der Waals surface area contributed by atoms with Crippen molar-refractivity contribution < 1.29 is 0 Å². The van der Waals surface area contributed by atoms with E-state index < -0.39 is 0 Å². The van der Waals surface area contributed by atoms with Gasteiger partial charge < -0.3 is 10.6 Å². The maximum Gasteiger partial charge on any atom is 0.00166 e. The Kier molecular flexibility index (Phi) is 18.6. The first-order valence-corrected chi connectivity index (χ1v) is 10.1. The van der Waals surface area contributed by atoms with Gasteiger partial charge in [-0.05, 0) is 64.7 Å². The highest BCUT2D eigenvalue weighted by atomic mass is 31.0. The van der Waals surface area contributed by atoms with E-state index in [9.17, 15) is 0 Å². The molecule has 0 fully saturated rings. The summed E-state index contributed by atoms with van der Waals surface area (Å²) < 4.78 is 4.80. The molecule has 4 nitrogen and oxygen atoms in total. The van der Waals surface area contributed by atoms with Crippen LogP contribution in [0.4, 0.5) is 0 Å². The van der Waals surface area contributed by atoms with E-state index in [0.717, 1.165) is 26.2 Å². The van der Waals surface area contributed by atoms with E-state index in [1.165, 1.54) is 64.7 Å². The molecule has 0 amide bonds. The van der Waals surface area contributed by atoms with Crippen molar-refractivity contribution in [2.24, 2.45) is 0 Å². The first kappa shape index (κ1) is 22.7. The van der Waals surface area contributed by atoms with Crippen LogP contribution in [0.1, 0.15) is 52.4 Å². The van der Waals surface area contributed by atoms with Gasteiger partial charge in [0.2, 0.25) is 0 Å². The normalized spacial score (nSPS) is 11.7. The Labute approximate surface area is 144 Å². The maximum atomic E-state index is 3.38. The molecule has 0 aliphatic heterocycles. The predicted octanol–water partition coefficient (Wildman–Crippen LogP) is 2.73. The predicted molar refractivity (Wildman–Crippen MR) is 107 cm³/mol. The average Bonchev–Trinajstić information content (AvgIpc) is 2.51. The monoisotopic (exact) mass is 350 g/mol. The van der Waals surface area contributed by atoms with Gasteiger partial charge >= 0.3 is 0 Å². The lowest BCUT2D eigenvalue weighted by molar-refractivity contribution is 0.396. The second-order valence-electron chi connectivity index (χ2n) is 5.90. The van der Waals surface area contributed by atoms with Gasteiger partial charge in [0.15, 0.2) is 0 Å². The lowest BCUT2D eigenvalue weighted by Crippen LogP contribution is -2.20. The molecule has 0 aromatic carbocycles. The molecular weight excluding hydrogens is 310 g/mol. The Bertz CT molecular complexity index is 198. The van der Waals surface area contributed by atoms with Gasteiger partial charge in [-0.15, -0.1) is 0 Å². The van der Waals surface area contributed by atoms with Crippen molar-refractivity contribution in [2.75, 3.05) is 52.4 Å². The molecular formula is C16H40N4P2. The maximum absolute atomic E-state index is 3.38. The highest BCUT2D eigenvalue weighted by Crippen LogP contribution is 2.08. The van der Waals surface area contributed by atoms with Gasteiger partial charge in [0.05, 0.1) is 0 Å². The molecule has 0 saturated heterocycles. The zero-order chi connectivity index (χ0) is 16.5. The van der Waals surface area contributed by atoms with Crippen molar-refractivity contribution in [2.45, 2.75) is 52.4 Å². The van der Waals surface area contributed by atoms with Gasteiger partial charge in [0.25, 0.3) is 0 Å². The van der Waals surface area contributed by atoms with Crippen molar-refractivity contribution in [3.63, 3.8) is 0 Å². The molecule has 2 N–H and O–H groups in total. The lowest BCUT2D eigenvalue weighted by atomic mass is 10.2. The summed E-state index contributed by atoms with van der Waals surface area (Å²) >= 11 is 0. The van der Waals surface area contributed by atoms with Crippen LogP contribution in [-0.2, 0) is 0 Å². The summed E-state index contributed by atoms with van der Waals surface area (Å²) in [7, 11) is 5.77. The number of hydrogen-bond donors (Lipinski definition) is 2. The van der Waals surface area contributed by atoms with Crippen LogP contribution in [0, 0.1) is 0 Å². The smallest absolute Gasteiger partial charge is 0.00166 e. The van der Waals surface area contributed by atoms with Crippen molar-refractivity contribution in [3.8, 4) is 0 Å². The molecule has 0 saturated carbocycles. The molecule has 0 spiro atoms. The van der Waals surface area contributed by atoms with E-state index in [1.54, 1.807) is 0 Å². The average molecular weight is 350 g/mol. The van der Waals surface area contributed by atoms with E-state index >= 15 is 0 Å². The minimum Gasteiger partial charge on any atom is -0.317 e. The van der Waals surface area contributed by atoms with E-state index in [2.05, 4.69) is 52.6 Å². The van der Waals surface area contributed by atoms with Crippen LogP contribution in [0.15, 0.2) is 0 Å². The molecule has 0 aromatic rings. The van der Waals surface area contributed by atoms with Crippen LogP contribution in [0.3, 0.4) is 0 Å². The van der Waals surface area contributed by atoms with Crippen molar-refractivity contribution >= 4 is 18.8 Å². The fraction of sp³-hybridized carbons (Fsp3) is 1.00. The number of hydrogen-bond acceptors (Lipinski definition) is 4. The number of rotatable bonds is 17. The fourth-order valence-electron chi connectivity index (χ4n) is 2.34. The van der Waals surface area contributed by atoms with Crippen LogP contribution in [-0.4, -0.2) is 61.7 Å². The third-order valence-electron chi connectivity index (χ3n) is 3.74. The van der Waals surface area contributed by atoms with Gasteiger partial charge in [-0.2, -0.15) is 0 Å². The Morgan fingerprint density at radius 3 is 1.23 bits per heavy atom. The highest BCUT2D eigenvalue weighted by molar-refractivity contribution is 7.13. The molecule has 6 heteroatoms. The summed E-state index contributed by atoms with van der Waals surface area (Å²) in [4.78, 5) is 0.